The fourth-order valence-corrected chi connectivity index (χ4v) is 5.71. The Morgan fingerprint density at radius 2 is 1.52 bits per heavy atom. The molecular weight excluding hydrogens is 310 g/mol. The zero-order chi connectivity index (χ0) is 17.8. The van der Waals surface area contributed by atoms with Crippen LogP contribution in [-0.2, 0) is 4.79 Å². The average molecular weight is 348 g/mol. The molecule has 25 heavy (non-hydrogen) atoms. The molecule has 0 radical (unpaired) electrons. The molecule has 142 valence electrons. The Kier molecular flexibility index (Phi) is 4.64. The highest BCUT2D eigenvalue weighted by atomic mass is 16.2. The standard InChI is InChI=1S/C21H37N3O/c1-15(2)17-5-7-22(8-6-17)19-11-23(12-19)18-9-21(10-18)13-24(14-21)20(25)16(3)4/h15-19H,5-14H2,1-4H3. The predicted octanol–water partition coefficient (Wildman–Crippen LogP) is 2.69. The lowest BCUT2D eigenvalue weighted by Gasteiger charge is -2.64. The van der Waals surface area contributed by atoms with E-state index >= 15 is 0 Å². The van der Waals surface area contributed by atoms with Gasteiger partial charge in [-0.3, -0.25) is 14.6 Å². The van der Waals surface area contributed by atoms with Gasteiger partial charge >= 0.3 is 0 Å². The van der Waals surface area contributed by atoms with Gasteiger partial charge in [0.15, 0.2) is 0 Å². The van der Waals surface area contributed by atoms with E-state index < -0.39 is 0 Å². The summed E-state index contributed by atoms with van der Waals surface area (Å²) in [5.41, 5.74) is 0.496. The Morgan fingerprint density at radius 3 is 2.04 bits per heavy atom. The number of likely N-dealkylation sites (tertiary alicyclic amines) is 3. The Balaban J connectivity index is 1.15. The molecule has 1 spiro atoms. The summed E-state index contributed by atoms with van der Waals surface area (Å²) in [4.78, 5) is 19.6. The maximum Gasteiger partial charge on any atom is 0.225 e. The van der Waals surface area contributed by atoms with Crippen LogP contribution in [0.2, 0.25) is 0 Å². The van der Waals surface area contributed by atoms with Crippen molar-refractivity contribution in [2.75, 3.05) is 39.3 Å². The molecule has 4 rings (SSSR count). The average Bonchev–Trinajstić information content (AvgIpc) is 2.45. The van der Waals surface area contributed by atoms with E-state index in [1.807, 2.05) is 13.8 Å². The van der Waals surface area contributed by atoms with Crippen molar-refractivity contribution in [2.24, 2.45) is 23.2 Å². The molecule has 3 saturated heterocycles. The van der Waals surface area contributed by atoms with E-state index in [1.54, 1.807) is 0 Å². The predicted molar refractivity (Wildman–Crippen MR) is 101 cm³/mol. The summed E-state index contributed by atoms with van der Waals surface area (Å²) in [5, 5.41) is 0. The normalized spacial score (nSPS) is 29.1. The molecule has 0 aromatic heterocycles. The van der Waals surface area contributed by atoms with Crippen LogP contribution in [0.1, 0.15) is 53.4 Å². The van der Waals surface area contributed by atoms with Crippen molar-refractivity contribution in [1.29, 1.82) is 0 Å². The van der Waals surface area contributed by atoms with Crippen LogP contribution in [0.3, 0.4) is 0 Å². The first-order valence-corrected chi connectivity index (χ1v) is 10.6. The third-order valence-electron chi connectivity index (χ3n) is 7.64. The molecule has 4 nitrogen and oxygen atoms in total. The number of rotatable bonds is 4. The van der Waals surface area contributed by atoms with Crippen LogP contribution < -0.4 is 0 Å². The zero-order valence-electron chi connectivity index (χ0n) is 16.7. The SMILES string of the molecule is CC(C)C(=O)N1CC2(CC(N3CC(N4CCC(C(C)C)CC4)C3)C2)C1. The minimum Gasteiger partial charge on any atom is -0.341 e. The summed E-state index contributed by atoms with van der Waals surface area (Å²) < 4.78 is 0. The summed E-state index contributed by atoms with van der Waals surface area (Å²) in [5.74, 6) is 2.32. The summed E-state index contributed by atoms with van der Waals surface area (Å²) >= 11 is 0. The minimum absolute atomic E-state index is 0.157. The van der Waals surface area contributed by atoms with Crippen LogP contribution in [0, 0.1) is 23.2 Å². The van der Waals surface area contributed by atoms with Crippen LogP contribution in [0.4, 0.5) is 0 Å². The van der Waals surface area contributed by atoms with E-state index in [0.717, 1.165) is 37.0 Å². The van der Waals surface area contributed by atoms with Crippen molar-refractivity contribution in [2.45, 2.75) is 65.5 Å². The van der Waals surface area contributed by atoms with Gasteiger partial charge in [0.25, 0.3) is 0 Å². The topological polar surface area (TPSA) is 26.8 Å². The first-order valence-electron chi connectivity index (χ1n) is 10.6. The molecule has 0 aromatic carbocycles. The van der Waals surface area contributed by atoms with E-state index in [9.17, 15) is 4.79 Å². The van der Waals surface area contributed by atoms with Crippen LogP contribution in [0.15, 0.2) is 0 Å². The molecule has 0 N–H and O–H groups in total. The summed E-state index contributed by atoms with van der Waals surface area (Å²) in [7, 11) is 0. The second-order valence-electron chi connectivity index (χ2n) is 10.1. The van der Waals surface area contributed by atoms with Gasteiger partial charge in [0, 0.05) is 49.6 Å². The Bertz CT molecular complexity index is 489. The molecule has 0 bridgehead atoms. The Morgan fingerprint density at radius 1 is 0.920 bits per heavy atom. The van der Waals surface area contributed by atoms with Gasteiger partial charge in [-0.1, -0.05) is 27.7 Å². The highest BCUT2D eigenvalue weighted by Gasteiger charge is 2.56. The first-order chi connectivity index (χ1) is 11.9. The number of piperidine rings is 1. The molecule has 0 unspecified atom stereocenters. The Hall–Kier alpha value is -0.610. The number of amides is 1. The molecule has 4 heteroatoms. The maximum absolute atomic E-state index is 12.0. The molecule has 0 atom stereocenters. The fraction of sp³-hybridized carbons (Fsp3) is 0.952. The number of carbonyl (C=O) groups excluding carboxylic acids is 1. The van der Waals surface area contributed by atoms with Crippen molar-refractivity contribution in [3.8, 4) is 0 Å². The third kappa shape index (κ3) is 3.25. The second kappa shape index (κ2) is 6.53. The van der Waals surface area contributed by atoms with Gasteiger partial charge in [-0.25, -0.2) is 0 Å². The summed E-state index contributed by atoms with van der Waals surface area (Å²) in [6.45, 7) is 16.1. The fourth-order valence-electron chi connectivity index (χ4n) is 5.71. The van der Waals surface area contributed by atoms with E-state index in [0.29, 0.717) is 11.3 Å². The van der Waals surface area contributed by atoms with Crippen LogP contribution >= 0.6 is 0 Å². The third-order valence-corrected chi connectivity index (χ3v) is 7.64. The van der Waals surface area contributed by atoms with E-state index in [4.69, 9.17) is 0 Å². The lowest BCUT2D eigenvalue weighted by molar-refractivity contribution is -0.166. The number of hydrogen-bond donors (Lipinski definition) is 0. The molecular formula is C21H37N3O. The van der Waals surface area contributed by atoms with Crippen molar-refractivity contribution >= 4 is 5.91 Å². The highest BCUT2D eigenvalue weighted by Crippen LogP contribution is 2.51. The molecule has 1 aliphatic carbocycles. The lowest BCUT2D eigenvalue weighted by Crippen LogP contribution is -2.72. The van der Waals surface area contributed by atoms with E-state index in [2.05, 4.69) is 28.5 Å². The molecule has 0 aromatic rings. The van der Waals surface area contributed by atoms with Crippen molar-refractivity contribution in [3.63, 3.8) is 0 Å². The lowest BCUT2D eigenvalue weighted by atomic mass is 9.59. The van der Waals surface area contributed by atoms with Crippen molar-refractivity contribution in [1.82, 2.24) is 14.7 Å². The van der Waals surface area contributed by atoms with Crippen molar-refractivity contribution < 1.29 is 4.79 Å². The monoisotopic (exact) mass is 347 g/mol. The molecule has 1 amide bonds. The van der Waals surface area contributed by atoms with Gasteiger partial charge in [-0.2, -0.15) is 0 Å². The molecule has 4 aliphatic rings. The van der Waals surface area contributed by atoms with Gasteiger partial charge in [0.2, 0.25) is 5.91 Å². The number of carbonyl (C=O) groups is 1. The smallest absolute Gasteiger partial charge is 0.225 e. The van der Waals surface area contributed by atoms with Gasteiger partial charge in [0.05, 0.1) is 0 Å². The largest absolute Gasteiger partial charge is 0.341 e. The number of hydrogen-bond acceptors (Lipinski definition) is 3. The van der Waals surface area contributed by atoms with E-state index in [1.165, 1.54) is 51.9 Å². The summed E-state index contributed by atoms with van der Waals surface area (Å²) in [6, 6.07) is 1.63. The minimum atomic E-state index is 0.157. The summed E-state index contributed by atoms with van der Waals surface area (Å²) in [6.07, 6.45) is 5.47. The Labute approximate surface area is 153 Å². The number of nitrogens with zero attached hydrogens (tertiary/aromatic N) is 3. The van der Waals surface area contributed by atoms with Crippen molar-refractivity contribution in [3.05, 3.63) is 0 Å². The molecule has 1 saturated carbocycles. The van der Waals surface area contributed by atoms with Gasteiger partial charge in [-0.15, -0.1) is 0 Å². The van der Waals surface area contributed by atoms with Crippen LogP contribution in [0.25, 0.3) is 0 Å². The maximum atomic E-state index is 12.0. The van der Waals surface area contributed by atoms with Gasteiger partial charge in [-0.05, 0) is 50.6 Å². The second-order valence-corrected chi connectivity index (χ2v) is 10.1. The van der Waals surface area contributed by atoms with Crippen LogP contribution in [0.5, 0.6) is 0 Å². The molecule has 3 heterocycles. The highest BCUT2D eigenvalue weighted by molar-refractivity contribution is 5.79. The quantitative estimate of drug-likeness (QED) is 0.782. The molecule has 4 fully saturated rings. The molecule has 3 aliphatic heterocycles. The first kappa shape index (κ1) is 17.8. The van der Waals surface area contributed by atoms with Gasteiger partial charge < -0.3 is 4.90 Å². The van der Waals surface area contributed by atoms with Gasteiger partial charge in [0.1, 0.15) is 0 Å². The van der Waals surface area contributed by atoms with E-state index in [-0.39, 0.29) is 5.92 Å². The zero-order valence-corrected chi connectivity index (χ0v) is 16.7. The van der Waals surface area contributed by atoms with Crippen LogP contribution in [-0.4, -0.2) is 72.0 Å².